The minimum Gasteiger partial charge on any atom is -0.238 e. The molecule has 1 nitrogen and oxygen atoms in total. The van der Waals surface area contributed by atoms with Crippen molar-refractivity contribution < 1.29 is 0 Å². The third kappa shape index (κ3) is 1.31. The van der Waals surface area contributed by atoms with Crippen molar-refractivity contribution in [3.8, 4) is 0 Å². The highest BCUT2D eigenvalue weighted by Crippen LogP contribution is 2.48. The lowest BCUT2D eigenvalue weighted by molar-refractivity contribution is 0.0374. The van der Waals surface area contributed by atoms with Gasteiger partial charge in [-0.2, -0.15) is 0 Å². The Bertz CT molecular complexity index is 165. The quantitative estimate of drug-likeness (QED) is 0.524. The minimum atomic E-state index is 0.652. The van der Waals surface area contributed by atoms with E-state index in [-0.39, 0.29) is 0 Å². The summed E-state index contributed by atoms with van der Waals surface area (Å²) in [6, 6.07) is 0.875. The molecule has 2 heteroatoms. The van der Waals surface area contributed by atoms with Crippen LogP contribution in [0.3, 0.4) is 0 Å². The highest BCUT2D eigenvalue weighted by atomic mass is 127. The molecule has 0 aromatic heterocycles. The van der Waals surface area contributed by atoms with E-state index in [9.17, 15) is 0 Å². The van der Waals surface area contributed by atoms with Crippen LogP contribution in [0.1, 0.15) is 51.9 Å². The normalized spacial score (nSPS) is 35.0. The zero-order valence-electron chi connectivity index (χ0n) is 7.85. The first-order chi connectivity index (χ1) is 5.78. The van der Waals surface area contributed by atoms with E-state index >= 15 is 0 Å². The van der Waals surface area contributed by atoms with Gasteiger partial charge in [0.1, 0.15) is 0 Å². The summed E-state index contributed by atoms with van der Waals surface area (Å²) in [7, 11) is 0. The summed E-state index contributed by atoms with van der Waals surface area (Å²) < 4.78 is 2.66. The van der Waals surface area contributed by atoms with Crippen LogP contribution in [0.2, 0.25) is 0 Å². The molecule has 1 heterocycles. The van der Waals surface area contributed by atoms with Crippen LogP contribution in [0, 0.1) is 0 Å². The average Bonchev–Trinajstić information content (AvgIpc) is 2.02. The number of halogens is 1. The number of hydrogen-bond acceptors (Lipinski definition) is 1. The zero-order chi connectivity index (χ0) is 8.60. The maximum atomic E-state index is 2.66. The molecule has 0 radical (unpaired) electrons. The van der Waals surface area contributed by atoms with Crippen molar-refractivity contribution in [2.75, 3.05) is 0 Å². The second-order valence-corrected chi connectivity index (χ2v) is 5.38. The van der Waals surface area contributed by atoms with E-state index < -0.39 is 0 Å². The molecule has 0 aromatic carbocycles. The van der Waals surface area contributed by atoms with Crippen molar-refractivity contribution in [2.45, 2.75) is 63.5 Å². The van der Waals surface area contributed by atoms with Gasteiger partial charge in [0.05, 0.1) is 0 Å². The smallest absolute Gasteiger partial charge is 0.0308 e. The summed E-state index contributed by atoms with van der Waals surface area (Å²) in [5, 5.41) is 0. The maximum Gasteiger partial charge on any atom is 0.0308 e. The van der Waals surface area contributed by atoms with Crippen LogP contribution in [-0.2, 0) is 0 Å². The predicted octanol–water partition coefficient (Wildman–Crippen LogP) is 3.52. The first-order valence-electron chi connectivity index (χ1n) is 5.24. The molecule has 1 unspecified atom stereocenters. The zero-order valence-corrected chi connectivity index (χ0v) is 10.0. The number of rotatable bonds is 1. The second kappa shape index (κ2) is 3.45. The largest absolute Gasteiger partial charge is 0.238 e. The average molecular weight is 279 g/mol. The molecule has 1 atom stereocenters. The second-order valence-electron chi connectivity index (χ2n) is 4.34. The van der Waals surface area contributed by atoms with Crippen molar-refractivity contribution >= 4 is 22.9 Å². The highest BCUT2D eigenvalue weighted by Gasteiger charge is 2.45. The van der Waals surface area contributed by atoms with E-state index in [1.807, 2.05) is 0 Å². The SMILES string of the molecule is CCC1CCCC2(CCC2)N1I. The number of nitrogens with zero attached hydrogens (tertiary/aromatic N) is 1. The molecule has 2 fully saturated rings. The monoisotopic (exact) mass is 279 g/mol. The van der Waals surface area contributed by atoms with Gasteiger partial charge < -0.3 is 0 Å². The third-order valence-electron chi connectivity index (χ3n) is 3.71. The van der Waals surface area contributed by atoms with Crippen LogP contribution in [0.4, 0.5) is 0 Å². The van der Waals surface area contributed by atoms with Crippen LogP contribution in [0.15, 0.2) is 0 Å². The summed E-state index contributed by atoms with van der Waals surface area (Å²) in [5.41, 5.74) is 0.652. The van der Waals surface area contributed by atoms with Crippen LogP contribution in [0.25, 0.3) is 0 Å². The fourth-order valence-corrected chi connectivity index (χ4v) is 4.08. The van der Waals surface area contributed by atoms with Crippen LogP contribution in [0.5, 0.6) is 0 Å². The third-order valence-corrected chi connectivity index (χ3v) is 5.52. The van der Waals surface area contributed by atoms with E-state index in [1.165, 1.54) is 44.9 Å². The van der Waals surface area contributed by atoms with Crippen LogP contribution >= 0.6 is 22.9 Å². The van der Waals surface area contributed by atoms with Gasteiger partial charge in [0, 0.05) is 34.4 Å². The van der Waals surface area contributed by atoms with Crippen LogP contribution in [-0.4, -0.2) is 14.7 Å². The fourth-order valence-electron chi connectivity index (χ4n) is 2.69. The minimum absolute atomic E-state index is 0.652. The van der Waals surface area contributed by atoms with Gasteiger partial charge in [-0.1, -0.05) is 6.92 Å². The molecule has 0 bridgehead atoms. The van der Waals surface area contributed by atoms with Gasteiger partial charge in [-0.05, 0) is 44.9 Å². The van der Waals surface area contributed by atoms with E-state index in [1.54, 1.807) is 0 Å². The van der Waals surface area contributed by atoms with Crippen molar-refractivity contribution in [1.29, 1.82) is 0 Å². The molecule has 1 spiro atoms. The summed E-state index contributed by atoms with van der Waals surface area (Å²) in [4.78, 5) is 0. The Hall–Kier alpha value is 0.690. The van der Waals surface area contributed by atoms with Gasteiger partial charge in [0.2, 0.25) is 0 Å². The summed E-state index contributed by atoms with van der Waals surface area (Å²) in [6.45, 7) is 2.33. The summed E-state index contributed by atoms with van der Waals surface area (Å²) >= 11 is 2.58. The molecular weight excluding hydrogens is 261 g/mol. The molecule has 12 heavy (non-hydrogen) atoms. The molecule has 1 aliphatic heterocycles. The van der Waals surface area contributed by atoms with Crippen molar-refractivity contribution in [1.82, 2.24) is 3.11 Å². The van der Waals surface area contributed by atoms with Gasteiger partial charge in [0.15, 0.2) is 0 Å². The lowest BCUT2D eigenvalue weighted by Gasteiger charge is -2.53. The molecular formula is C10H18IN. The van der Waals surface area contributed by atoms with Crippen molar-refractivity contribution in [3.05, 3.63) is 0 Å². The fraction of sp³-hybridized carbons (Fsp3) is 1.00. The van der Waals surface area contributed by atoms with Gasteiger partial charge in [-0.3, -0.25) is 0 Å². The first-order valence-corrected chi connectivity index (χ1v) is 6.20. The molecule has 0 N–H and O–H groups in total. The molecule has 2 rings (SSSR count). The lowest BCUT2D eigenvalue weighted by atomic mass is 9.70. The maximum absolute atomic E-state index is 2.66. The van der Waals surface area contributed by atoms with Crippen molar-refractivity contribution in [3.63, 3.8) is 0 Å². The molecule has 1 saturated heterocycles. The highest BCUT2D eigenvalue weighted by molar-refractivity contribution is 14.1. The van der Waals surface area contributed by atoms with Gasteiger partial charge in [0.25, 0.3) is 0 Å². The van der Waals surface area contributed by atoms with E-state index in [0.717, 1.165) is 6.04 Å². The van der Waals surface area contributed by atoms with E-state index in [2.05, 4.69) is 32.9 Å². The van der Waals surface area contributed by atoms with E-state index in [0.29, 0.717) is 5.54 Å². The predicted molar refractivity (Wildman–Crippen MR) is 60.4 cm³/mol. The Morgan fingerprint density at radius 1 is 1.33 bits per heavy atom. The van der Waals surface area contributed by atoms with E-state index in [4.69, 9.17) is 0 Å². The first kappa shape index (κ1) is 9.25. The molecule has 0 amide bonds. The van der Waals surface area contributed by atoms with Crippen molar-refractivity contribution in [2.24, 2.45) is 0 Å². The topological polar surface area (TPSA) is 3.24 Å². The lowest BCUT2D eigenvalue weighted by Crippen LogP contribution is -2.55. The summed E-state index contributed by atoms with van der Waals surface area (Å²) in [6.07, 6.45) is 10.1. The molecule has 70 valence electrons. The Labute approximate surface area is 89.4 Å². The van der Waals surface area contributed by atoms with Gasteiger partial charge >= 0.3 is 0 Å². The van der Waals surface area contributed by atoms with Gasteiger partial charge in [-0.15, -0.1) is 0 Å². The standard InChI is InChI=1S/C10H18IN/c1-2-9-5-3-6-10(12(9)11)7-4-8-10/h9H,2-8H2,1H3. The molecule has 1 saturated carbocycles. The Morgan fingerprint density at radius 2 is 2.00 bits per heavy atom. The number of piperidine rings is 1. The molecule has 1 aliphatic carbocycles. The molecule has 2 aliphatic rings. The Morgan fingerprint density at radius 3 is 2.50 bits per heavy atom. The Kier molecular flexibility index (Phi) is 2.66. The van der Waals surface area contributed by atoms with Gasteiger partial charge in [-0.25, -0.2) is 3.11 Å². The Balaban J connectivity index is 2.05. The molecule has 0 aromatic rings. The van der Waals surface area contributed by atoms with Crippen LogP contribution < -0.4 is 0 Å². The summed E-state index contributed by atoms with van der Waals surface area (Å²) in [5.74, 6) is 0. The number of hydrogen-bond donors (Lipinski definition) is 0.